The minimum absolute atomic E-state index is 0.213. The van der Waals surface area contributed by atoms with E-state index in [4.69, 9.17) is 4.74 Å². The summed E-state index contributed by atoms with van der Waals surface area (Å²) in [5.41, 5.74) is -1.56. The molecule has 6 heteroatoms. The summed E-state index contributed by atoms with van der Waals surface area (Å²) >= 11 is 0. The van der Waals surface area contributed by atoms with E-state index in [1.165, 1.54) is 0 Å². The number of benzene rings is 1. The fraction of sp³-hybridized carbons (Fsp3) is 0.500. The maximum Gasteiger partial charge on any atom is 0.416 e. The monoisotopic (exact) mass is 266 g/mol. The predicted molar refractivity (Wildman–Crippen MR) is 57.4 cm³/mol. The van der Waals surface area contributed by atoms with Gasteiger partial charge >= 0.3 is 6.18 Å². The van der Waals surface area contributed by atoms with Gasteiger partial charge in [0.05, 0.1) is 18.3 Å². The summed E-state index contributed by atoms with van der Waals surface area (Å²) in [5, 5.41) is 9.66. The molecule has 0 aromatic heterocycles. The summed E-state index contributed by atoms with van der Waals surface area (Å²) < 4.78 is 55.9. The van der Waals surface area contributed by atoms with Gasteiger partial charge in [-0.3, -0.25) is 0 Å². The maximum atomic E-state index is 12.8. The van der Waals surface area contributed by atoms with Gasteiger partial charge < -0.3 is 9.84 Å². The third-order valence-electron chi connectivity index (χ3n) is 2.27. The molecule has 0 aliphatic rings. The molecule has 0 heterocycles. The molecule has 0 amide bonds. The summed E-state index contributed by atoms with van der Waals surface area (Å²) in [4.78, 5) is 0. The van der Waals surface area contributed by atoms with E-state index in [2.05, 4.69) is 0 Å². The molecule has 0 spiro atoms. The summed E-state index contributed by atoms with van der Waals surface area (Å²) in [7, 11) is 0. The van der Waals surface area contributed by atoms with Crippen molar-refractivity contribution < 1.29 is 27.4 Å². The molecule has 1 aromatic rings. The molecule has 102 valence electrons. The minimum Gasteiger partial charge on any atom is -0.386 e. The Morgan fingerprint density at radius 1 is 1.28 bits per heavy atom. The second-order valence-corrected chi connectivity index (χ2v) is 4.13. The summed E-state index contributed by atoms with van der Waals surface area (Å²) in [6.45, 7) is 3.12. The van der Waals surface area contributed by atoms with Gasteiger partial charge in [-0.15, -0.1) is 0 Å². The van der Waals surface area contributed by atoms with Crippen molar-refractivity contribution in [1.82, 2.24) is 0 Å². The molecular formula is C12H14F4O2. The number of aliphatic hydroxyl groups is 1. The molecular weight excluding hydrogens is 252 g/mol. The lowest BCUT2D eigenvalue weighted by atomic mass is 10.0. The van der Waals surface area contributed by atoms with E-state index in [-0.39, 0.29) is 18.3 Å². The number of halogens is 4. The molecule has 1 unspecified atom stereocenters. The van der Waals surface area contributed by atoms with E-state index < -0.39 is 23.7 Å². The number of hydrogen-bond donors (Lipinski definition) is 1. The number of rotatable bonds is 4. The highest BCUT2D eigenvalue weighted by Gasteiger charge is 2.35. The molecule has 2 nitrogen and oxygen atoms in total. The van der Waals surface area contributed by atoms with Crippen molar-refractivity contribution in [1.29, 1.82) is 0 Å². The van der Waals surface area contributed by atoms with Crippen molar-refractivity contribution in [3.8, 4) is 0 Å². The van der Waals surface area contributed by atoms with Crippen molar-refractivity contribution in [2.24, 2.45) is 0 Å². The van der Waals surface area contributed by atoms with E-state index in [9.17, 15) is 22.7 Å². The lowest BCUT2D eigenvalue weighted by Gasteiger charge is -2.18. The fourth-order valence-corrected chi connectivity index (χ4v) is 1.44. The van der Waals surface area contributed by atoms with Crippen molar-refractivity contribution in [2.45, 2.75) is 32.2 Å². The van der Waals surface area contributed by atoms with Crippen LogP contribution in [0.15, 0.2) is 18.2 Å². The van der Waals surface area contributed by atoms with Crippen LogP contribution in [-0.2, 0) is 10.9 Å². The van der Waals surface area contributed by atoms with Gasteiger partial charge in [-0.2, -0.15) is 13.2 Å². The zero-order valence-corrected chi connectivity index (χ0v) is 9.96. The van der Waals surface area contributed by atoms with Gasteiger partial charge in [-0.25, -0.2) is 4.39 Å². The largest absolute Gasteiger partial charge is 0.416 e. The Kier molecular flexibility index (Phi) is 4.70. The molecule has 18 heavy (non-hydrogen) atoms. The van der Waals surface area contributed by atoms with Crippen molar-refractivity contribution >= 4 is 0 Å². The first-order valence-electron chi connectivity index (χ1n) is 5.38. The highest BCUT2D eigenvalue weighted by atomic mass is 19.4. The van der Waals surface area contributed by atoms with Crippen LogP contribution >= 0.6 is 0 Å². The van der Waals surface area contributed by atoms with Crippen LogP contribution in [-0.4, -0.2) is 17.8 Å². The Morgan fingerprint density at radius 2 is 1.89 bits per heavy atom. The minimum atomic E-state index is -4.71. The Bertz CT molecular complexity index is 402. The molecule has 1 rings (SSSR count). The molecule has 0 radical (unpaired) electrons. The molecule has 0 bridgehead atoms. The van der Waals surface area contributed by atoms with Crippen LogP contribution in [0.25, 0.3) is 0 Å². The summed E-state index contributed by atoms with van der Waals surface area (Å²) in [5.74, 6) is -0.997. The maximum absolute atomic E-state index is 12.8. The van der Waals surface area contributed by atoms with Crippen LogP contribution in [0.1, 0.15) is 31.1 Å². The van der Waals surface area contributed by atoms with Gasteiger partial charge in [-0.05, 0) is 31.5 Å². The zero-order valence-electron chi connectivity index (χ0n) is 9.96. The highest BCUT2D eigenvalue weighted by molar-refractivity contribution is 5.32. The first-order valence-corrected chi connectivity index (χ1v) is 5.38. The Balaban J connectivity index is 3.00. The molecule has 0 aliphatic heterocycles. The summed E-state index contributed by atoms with van der Waals surface area (Å²) in [6.07, 6.45) is -6.37. The zero-order chi connectivity index (χ0) is 13.9. The van der Waals surface area contributed by atoms with Crippen molar-refractivity contribution in [3.05, 3.63) is 35.1 Å². The first kappa shape index (κ1) is 14.9. The van der Waals surface area contributed by atoms with Crippen LogP contribution in [0.2, 0.25) is 0 Å². The van der Waals surface area contributed by atoms with Crippen LogP contribution in [0.5, 0.6) is 0 Å². The first-order chi connectivity index (χ1) is 8.21. The number of ether oxygens (including phenoxy) is 1. The van der Waals surface area contributed by atoms with Crippen LogP contribution in [0, 0.1) is 5.82 Å². The molecule has 1 atom stereocenters. The second kappa shape index (κ2) is 5.67. The molecule has 1 N–H and O–H groups in total. The second-order valence-electron chi connectivity index (χ2n) is 4.13. The Morgan fingerprint density at radius 3 is 2.39 bits per heavy atom. The molecule has 0 aliphatic carbocycles. The van der Waals surface area contributed by atoms with Crippen LogP contribution in [0.4, 0.5) is 17.6 Å². The van der Waals surface area contributed by atoms with Crippen molar-refractivity contribution in [3.63, 3.8) is 0 Å². The van der Waals surface area contributed by atoms with E-state index in [1.807, 2.05) is 0 Å². The van der Waals surface area contributed by atoms with E-state index in [1.54, 1.807) is 13.8 Å². The topological polar surface area (TPSA) is 29.5 Å². The van der Waals surface area contributed by atoms with Gasteiger partial charge in [0.15, 0.2) is 0 Å². The average Bonchev–Trinajstić information content (AvgIpc) is 2.24. The number of aliphatic hydroxyl groups excluding tert-OH is 1. The van der Waals surface area contributed by atoms with Gasteiger partial charge in [0.2, 0.25) is 0 Å². The van der Waals surface area contributed by atoms with E-state index in [0.29, 0.717) is 6.07 Å². The lowest BCUT2D eigenvalue weighted by molar-refractivity contribution is -0.139. The van der Waals surface area contributed by atoms with Gasteiger partial charge in [0, 0.05) is 0 Å². The highest BCUT2D eigenvalue weighted by Crippen LogP contribution is 2.35. The van der Waals surface area contributed by atoms with Crippen LogP contribution < -0.4 is 0 Å². The van der Waals surface area contributed by atoms with Gasteiger partial charge in [0.1, 0.15) is 11.9 Å². The SMILES string of the molecule is CC(C)OCC(O)c1ccc(F)cc1C(F)(F)F. The molecule has 1 aromatic carbocycles. The Hall–Kier alpha value is -1.14. The van der Waals surface area contributed by atoms with Crippen molar-refractivity contribution in [2.75, 3.05) is 6.61 Å². The predicted octanol–water partition coefficient (Wildman–Crippen LogP) is 3.30. The summed E-state index contributed by atoms with van der Waals surface area (Å²) in [6, 6.07) is 2.17. The molecule has 0 saturated heterocycles. The molecule has 0 fully saturated rings. The third-order valence-corrected chi connectivity index (χ3v) is 2.27. The molecule has 0 saturated carbocycles. The average molecular weight is 266 g/mol. The van der Waals surface area contributed by atoms with Gasteiger partial charge in [0.25, 0.3) is 0 Å². The number of alkyl halides is 3. The Labute approximate surface area is 102 Å². The fourth-order valence-electron chi connectivity index (χ4n) is 1.44. The lowest BCUT2D eigenvalue weighted by Crippen LogP contribution is -2.17. The van der Waals surface area contributed by atoms with Crippen LogP contribution in [0.3, 0.4) is 0 Å². The third kappa shape index (κ3) is 3.96. The smallest absolute Gasteiger partial charge is 0.386 e. The van der Waals surface area contributed by atoms with Gasteiger partial charge in [-0.1, -0.05) is 6.07 Å². The van der Waals surface area contributed by atoms with E-state index in [0.717, 1.165) is 12.1 Å². The standard InChI is InChI=1S/C12H14F4O2/c1-7(2)18-6-11(17)9-4-3-8(13)5-10(9)12(14,15)16/h3-5,7,11,17H,6H2,1-2H3. The van der Waals surface area contributed by atoms with E-state index >= 15 is 0 Å². The normalized spacial score (nSPS) is 14.0. The number of hydrogen-bond acceptors (Lipinski definition) is 2. The quantitative estimate of drug-likeness (QED) is 0.847.